The van der Waals surface area contributed by atoms with Gasteiger partial charge in [0.25, 0.3) is 5.91 Å². The first-order valence-electron chi connectivity index (χ1n) is 6.33. The number of nitro groups is 1. The van der Waals surface area contributed by atoms with Gasteiger partial charge in [-0.25, -0.2) is 0 Å². The van der Waals surface area contributed by atoms with Crippen LogP contribution in [-0.4, -0.2) is 30.0 Å². The highest BCUT2D eigenvalue weighted by Gasteiger charge is 2.23. The van der Waals surface area contributed by atoms with Crippen molar-refractivity contribution in [2.75, 3.05) is 13.1 Å². The minimum atomic E-state index is -0.476. The van der Waals surface area contributed by atoms with Gasteiger partial charge in [-0.15, -0.1) is 12.4 Å². The molecule has 2 unspecified atom stereocenters. The van der Waals surface area contributed by atoms with Crippen molar-refractivity contribution in [2.24, 2.45) is 5.92 Å². The molecule has 8 heteroatoms. The molecule has 0 aromatic carbocycles. The van der Waals surface area contributed by atoms with Gasteiger partial charge in [-0.3, -0.25) is 14.9 Å². The zero-order valence-corrected chi connectivity index (χ0v) is 12.8. The Morgan fingerprint density at radius 3 is 2.90 bits per heavy atom. The van der Waals surface area contributed by atoms with E-state index in [4.69, 9.17) is 0 Å². The number of rotatable bonds is 4. The van der Waals surface area contributed by atoms with E-state index in [1.165, 1.54) is 12.1 Å². The predicted octanol–water partition coefficient (Wildman–Crippen LogP) is 2.20. The molecular formula is C12H18ClN3O3S. The summed E-state index contributed by atoms with van der Waals surface area (Å²) in [7, 11) is 0. The number of nitrogens with zero attached hydrogens (tertiary/aromatic N) is 1. The number of carbonyl (C=O) groups excluding carboxylic acids is 1. The summed E-state index contributed by atoms with van der Waals surface area (Å²) in [6.45, 7) is 3.93. The summed E-state index contributed by atoms with van der Waals surface area (Å²) in [6.07, 6.45) is 2.22. The van der Waals surface area contributed by atoms with E-state index in [1.54, 1.807) is 0 Å². The monoisotopic (exact) mass is 319 g/mol. The van der Waals surface area contributed by atoms with Gasteiger partial charge in [-0.1, -0.05) is 11.3 Å². The van der Waals surface area contributed by atoms with Crippen LogP contribution in [0, 0.1) is 16.0 Å². The van der Waals surface area contributed by atoms with Crippen LogP contribution in [0.4, 0.5) is 5.00 Å². The van der Waals surface area contributed by atoms with Crippen LogP contribution in [0.2, 0.25) is 0 Å². The second-order valence-corrected chi connectivity index (χ2v) is 5.83. The van der Waals surface area contributed by atoms with Crippen molar-refractivity contribution in [1.29, 1.82) is 0 Å². The van der Waals surface area contributed by atoms with Gasteiger partial charge >= 0.3 is 5.00 Å². The smallest absolute Gasteiger partial charge is 0.324 e. The second-order valence-electron chi connectivity index (χ2n) is 4.76. The zero-order chi connectivity index (χ0) is 13.8. The lowest BCUT2D eigenvalue weighted by molar-refractivity contribution is -0.380. The standard InChI is InChI=1S/C12H17N3O3S.ClH/c1-8(9-3-2-6-13-7-9)14-12(16)10-4-5-11(19-10)15(17)18;/h4-5,8-9,13H,2-3,6-7H2,1H3,(H,14,16);1H. The van der Waals surface area contributed by atoms with Crippen LogP contribution in [-0.2, 0) is 0 Å². The fourth-order valence-corrected chi connectivity index (χ4v) is 2.97. The Balaban J connectivity index is 0.00000200. The SMILES string of the molecule is CC(NC(=O)c1ccc([N+](=O)[O-])s1)C1CCCNC1.Cl. The predicted molar refractivity (Wildman–Crippen MR) is 80.7 cm³/mol. The maximum atomic E-state index is 12.0. The summed E-state index contributed by atoms with van der Waals surface area (Å²) in [6, 6.07) is 2.94. The molecule has 1 aromatic heterocycles. The van der Waals surface area contributed by atoms with Crippen molar-refractivity contribution in [2.45, 2.75) is 25.8 Å². The fraction of sp³-hybridized carbons (Fsp3) is 0.583. The summed E-state index contributed by atoms with van der Waals surface area (Å²) >= 11 is 0.911. The minimum absolute atomic E-state index is 0. The lowest BCUT2D eigenvalue weighted by Crippen LogP contribution is -2.44. The molecule has 6 nitrogen and oxygen atoms in total. The molecule has 1 amide bonds. The highest BCUT2D eigenvalue weighted by molar-refractivity contribution is 7.17. The van der Waals surface area contributed by atoms with Gasteiger partial charge in [0.1, 0.15) is 0 Å². The number of amides is 1. The maximum Gasteiger partial charge on any atom is 0.324 e. The quantitative estimate of drug-likeness (QED) is 0.658. The molecule has 2 atom stereocenters. The van der Waals surface area contributed by atoms with Crippen molar-refractivity contribution in [1.82, 2.24) is 10.6 Å². The molecule has 0 saturated carbocycles. The Hall–Kier alpha value is -1.18. The third-order valence-corrected chi connectivity index (χ3v) is 4.43. The zero-order valence-electron chi connectivity index (χ0n) is 11.1. The van der Waals surface area contributed by atoms with Gasteiger partial charge in [0.05, 0.1) is 9.80 Å². The molecule has 1 aliphatic rings. The van der Waals surface area contributed by atoms with Gasteiger partial charge in [-0.05, 0) is 44.8 Å². The Labute approximate surface area is 127 Å². The average Bonchev–Trinajstić information content (AvgIpc) is 2.89. The Kier molecular flexibility index (Phi) is 6.38. The van der Waals surface area contributed by atoms with Crippen LogP contribution in [0.25, 0.3) is 0 Å². The van der Waals surface area contributed by atoms with Crippen LogP contribution < -0.4 is 10.6 Å². The number of thiophene rings is 1. The van der Waals surface area contributed by atoms with E-state index in [0.29, 0.717) is 10.8 Å². The number of halogens is 1. The molecule has 0 bridgehead atoms. The summed E-state index contributed by atoms with van der Waals surface area (Å²) in [5.41, 5.74) is 0. The van der Waals surface area contributed by atoms with E-state index in [2.05, 4.69) is 10.6 Å². The summed E-state index contributed by atoms with van der Waals surface area (Å²) in [5, 5.41) is 16.8. The van der Waals surface area contributed by atoms with Gasteiger partial charge < -0.3 is 10.6 Å². The molecule has 0 aliphatic carbocycles. The maximum absolute atomic E-state index is 12.0. The Morgan fingerprint density at radius 1 is 1.60 bits per heavy atom. The van der Waals surface area contributed by atoms with E-state index < -0.39 is 4.92 Å². The largest absolute Gasteiger partial charge is 0.349 e. The fourth-order valence-electron chi connectivity index (χ4n) is 2.25. The number of piperidine rings is 1. The van der Waals surface area contributed by atoms with Crippen LogP contribution in [0.5, 0.6) is 0 Å². The Morgan fingerprint density at radius 2 is 2.35 bits per heavy atom. The molecule has 0 radical (unpaired) electrons. The number of hydrogen-bond donors (Lipinski definition) is 2. The van der Waals surface area contributed by atoms with Crippen molar-refractivity contribution in [3.63, 3.8) is 0 Å². The first-order valence-corrected chi connectivity index (χ1v) is 7.15. The molecule has 1 aromatic rings. The summed E-state index contributed by atoms with van der Waals surface area (Å²) in [5.74, 6) is 0.198. The van der Waals surface area contributed by atoms with Crippen LogP contribution in [0.3, 0.4) is 0 Å². The molecule has 1 aliphatic heterocycles. The van der Waals surface area contributed by atoms with Crippen molar-refractivity contribution in [3.8, 4) is 0 Å². The molecule has 0 spiro atoms. The Bertz CT molecular complexity index is 474. The first-order chi connectivity index (χ1) is 9.08. The molecule has 2 N–H and O–H groups in total. The van der Waals surface area contributed by atoms with Crippen molar-refractivity contribution >= 4 is 34.7 Å². The lowest BCUT2D eigenvalue weighted by Gasteiger charge is -2.28. The molecule has 1 fully saturated rings. The van der Waals surface area contributed by atoms with E-state index >= 15 is 0 Å². The highest BCUT2D eigenvalue weighted by Crippen LogP contribution is 2.24. The summed E-state index contributed by atoms with van der Waals surface area (Å²) in [4.78, 5) is 22.5. The van der Waals surface area contributed by atoms with Crippen molar-refractivity contribution in [3.05, 3.63) is 27.1 Å². The number of nitrogens with one attached hydrogen (secondary N) is 2. The van der Waals surface area contributed by atoms with E-state index in [1.807, 2.05) is 6.92 Å². The van der Waals surface area contributed by atoms with E-state index in [-0.39, 0.29) is 29.4 Å². The molecule has 112 valence electrons. The molecule has 20 heavy (non-hydrogen) atoms. The third-order valence-electron chi connectivity index (χ3n) is 3.40. The number of hydrogen-bond acceptors (Lipinski definition) is 5. The molecule has 1 saturated heterocycles. The normalized spacial score (nSPS) is 19.8. The molecule has 2 heterocycles. The molecule has 2 rings (SSSR count). The van der Waals surface area contributed by atoms with E-state index in [0.717, 1.165) is 37.3 Å². The van der Waals surface area contributed by atoms with Gasteiger partial charge in [0.15, 0.2) is 0 Å². The van der Waals surface area contributed by atoms with Gasteiger partial charge in [0.2, 0.25) is 0 Å². The van der Waals surface area contributed by atoms with Crippen LogP contribution in [0.1, 0.15) is 29.4 Å². The van der Waals surface area contributed by atoms with Crippen LogP contribution in [0.15, 0.2) is 12.1 Å². The highest BCUT2D eigenvalue weighted by atomic mass is 35.5. The molecular weight excluding hydrogens is 302 g/mol. The van der Waals surface area contributed by atoms with E-state index in [9.17, 15) is 14.9 Å². The minimum Gasteiger partial charge on any atom is -0.349 e. The van der Waals surface area contributed by atoms with Gasteiger partial charge in [-0.2, -0.15) is 0 Å². The number of carbonyl (C=O) groups is 1. The third kappa shape index (κ3) is 4.16. The second kappa shape index (κ2) is 7.56. The topological polar surface area (TPSA) is 84.3 Å². The lowest BCUT2D eigenvalue weighted by atomic mass is 9.93. The van der Waals surface area contributed by atoms with Crippen molar-refractivity contribution < 1.29 is 9.72 Å². The van der Waals surface area contributed by atoms with Crippen LogP contribution >= 0.6 is 23.7 Å². The van der Waals surface area contributed by atoms with Gasteiger partial charge in [0, 0.05) is 12.1 Å². The average molecular weight is 320 g/mol. The first kappa shape index (κ1) is 16.9. The summed E-state index contributed by atoms with van der Waals surface area (Å²) < 4.78 is 0.